The van der Waals surface area contributed by atoms with E-state index < -0.39 is 11.9 Å². The van der Waals surface area contributed by atoms with Crippen LogP contribution in [0, 0.1) is 5.92 Å². The van der Waals surface area contributed by atoms with Crippen LogP contribution in [0.5, 0.6) is 0 Å². The normalized spacial score (nSPS) is 12.4. The molecule has 0 bridgehead atoms. The van der Waals surface area contributed by atoms with E-state index in [1.807, 2.05) is 13.8 Å². The molecule has 0 aliphatic carbocycles. The number of hydrogen-bond acceptors (Lipinski definition) is 2. The Bertz CT molecular complexity index is 430. The van der Waals surface area contributed by atoms with Crippen molar-refractivity contribution in [2.75, 3.05) is 13.1 Å². The Hall–Kier alpha value is -1.32. The van der Waals surface area contributed by atoms with Crippen molar-refractivity contribution in [3.63, 3.8) is 0 Å². The fourth-order valence-electron chi connectivity index (χ4n) is 3.69. The predicted molar refractivity (Wildman–Crippen MR) is 123 cm³/mol. The second kappa shape index (κ2) is 20.0. The maximum Gasteiger partial charge on any atom is 0.307 e. The van der Waals surface area contributed by atoms with E-state index >= 15 is 0 Å². The first-order chi connectivity index (χ1) is 14.1. The Kier molecular flexibility index (Phi) is 19.1. The third-order valence-corrected chi connectivity index (χ3v) is 5.70. The molecule has 1 amide bonds. The Labute approximate surface area is 180 Å². The van der Waals surface area contributed by atoms with Gasteiger partial charge in [-0.1, -0.05) is 76.9 Å². The molecule has 0 saturated carbocycles. The topological polar surface area (TPSA) is 57.6 Å². The number of carboxylic acid groups (broad SMARTS) is 1. The van der Waals surface area contributed by atoms with Crippen LogP contribution in [0.3, 0.4) is 0 Å². The molecule has 1 N–H and O–H groups in total. The molecule has 0 fully saturated rings. The fraction of sp³-hybridized carbons (Fsp3) is 0.840. The molecule has 0 rings (SSSR count). The van der Waals surface area contributed by atoms with Gasteiger partial charge in [0.1, 0.15) is 0 Å². The van der Waals surface area contributed by atoms with Crippen LogP contribution in [0.4, 0.5) is 0 Å². The second-order valence-corrected chi connectivity index (χ2v) is 8.18. The van der Waals surface area contributed by atoms with Crippen molar-refractivity contribution in [2.24, 2.45) is 5.92 Å². The molecule has 4 nitrogen and oxygen atoms in total. The van der Waals surface area contributed by atoms with Crippen molar-refractivity contribution >= 4 is 11.9 Å². The van der Waals surface area contributed by atoms with Crippen LogP contribution >= 0.6 is 0 Å². The Balaban J connectivity index is 3.67. The molecule has 0 aromatic heterocycles. The zero-order valence-electron chi connectivity index (χ0n) is 19.5. The molecule has 0 radical (unpaired) electrons. The number of hydrogen-bond donors (Lipinski definition) is 1. The van der Waals surface area contributed by atoms with Gasteiger partial charge in [0.05, 0.1) is 5.92 Å². The fourth-order valence-corrected chi connectivity index (χ4v) is 3.69. The molecule has 1 unspecified atom stereocenters. The summed E-state index contributed by atoms with van der Waals surface area (Å²) < 4.78 is 0. The van der Waals surface area contributed by atoms with Crippen LogP contribution in [-0.2, 0) is 9.59 Å². The average Bonchev–Trinajstić information content (AvgIpc) is 2.70. The van der Waals surface area contributed by atoms with Gasteiger partial charge < -0.3 is 10.0 Å². The van der Waals surface area contributed by atoms with Crippen molar-refractivity contribution in [1.29, 1.82) is 0 Å². The number of allylic oxidation sites excluding steroid dienone is 2. The zero-order chi connectivity index (χ0) is 21.7. The average molecular weight is 410 g/mol. The van der Waals surface area contributed by atoms with Gasteiger partial charge in [-0.15, -0.1) is 0 Å². The van der Waals surface area contributed by atoms with Crippen molar-refractivity contribution in [2.45, 2.75) is 117 Å². The van der Waals surface area contributed by atoms with E-state index in [9.17, 15) is 14.7 Å². The third-order valence-electron chi connectivity index (χ3n) is 5.70. The monoisotopic (exact) mass is 409 g/mol. The van der Waals surface area contributed by atoms with Crippen molar-refractivity contribution in [1.82, 2.24) is 4.90 Å². The molecule has 0 aromatic rings. The molecular formula is C25H47NO3. The Morgan fingerprint density at radius 3 is 1.72 bits per heavy atom. The number of rotatable bonds is 20. The third kappa shape index (κ3) is 16.2. The maximum absolute atomic E-state index is 12.1. The molecule has 4 heteroatoms. The molecule has 0 aromatic carbocycles. The second-order valence-electron chi connectivity index (χ2n) is 8.18. The number of aliphatic carboxylic acids is 1. The van der Waals surface area contributed by atoms with Crippen LogP contribution in [0.25, 0.3) is 0 Å². The highest BCUT2D eigenvalue weighted by molar-refractivity contribution is 5.82. The van der Waals surface area contributed by atoms with Gasteiger partial charge in [-0.05, 0) is 46.0 Å². The summed E-state index contributed by atoms with van der Waals surface area (Å²) in [5.74, 6) is -1.40. The van der Waals surface area contributed by atoms with Crippen molar-refractivity contribution in [3.05, 3.63) is 12.2 Å². The first-order valence-corrected chi connectivity index (χ1v) is 12.2. The van der Waals surface area contributed by atoms with Gasteiger partial charge in [-0.3, -0.25) is 9.59 Å². The van der Waals surface area contributed by atoms with Crippen LogP contribution < -0.4 is 0 Å². The van der Waals surface area contributed by atoms with Gasteiger partial charge in [-0.2, -0.15) is 0 Å². The van der Waals surface area contributed by atoms with Gasteiger partial charge >= 0.3 is 5.97 Å². The number of carbonyl (C=O) groups is 2. The number of carboxylic acids is 1. The molecular weight excluding hydrogens is 362 g/mol. The minimum absolute atomic E-state index is 0.0323. The summed E-state index contributed by atoms with van der Waals surface area (Å²) in [4.78, 5) is 25.3. The van der Waals surface area contributed by atoms with E-state index in [4.69, 9.17) is 0 Å². The molecule has 0 heterocycles. The first kappa shape index (κ1) is 27.7. The lowest BCUT2D eigenvalue weighted by Crippen LogP contribution is -2.33. The van der Waals surface area contributed by atoms with Crippen molar-refractivity contribution < 1.29 is 14.7 Å². The number of unbranched alkanes of at least 4 members (excludes halogenated alkanes) is 11. The van der Waals surface area contributed by atoms with Gasteiger partial charge in [0.2, 0.25) is 5.91 Å². The summed E-state index contributed by atoms with van der Waals surface area (Å²) in [5, 5.41) is 9.39. The van der Waals surface area contributed by atoms with Crippen molar-refractivity contribution in [3.8, 4) is 0 Å². The van der Waals surface area contributed by atoms with Gasteiger partial charge in [0.15, 0.2) is 0 Å². The molecule has 0 aliphatic rings. The minimum Gasteiger partial charge on any atom is -0.481 e. The highest BCUT2D eigenvalue weighted by Crippen LogP contribution is 2.17. The van der Waals surface area contributed by atoms with E-state index in [1.165, 1.54) is 57.8 Å². The number of amides is 1. The molecule has 1 atom stereocenters. The minimum atomic E-state index is -0.832. The van der Waals surface area contributed by atoms with E-state index in [2.05, 4.69) is 19.1 Å². The van der Waals surface area contributed by atoms with Gasteiger partial charge in [0.25, 0.3) is 0 Å². The molecule has 0 saturated heterocycles. The number of nitrogens with zero attached hydrogens (tertiary/aromatic N) is 1. The molecule has 170 valence electrons. The lowest BCUT2D eigenvalue weighted by atomic mass is 9.96. The summed E-state index contributed by atoms with van der Waals surface area (Å²) in [6.07, 6.45) is 21.5. The van der Waals surface area contributed by atoms with E-state index in [1.54, 1.807) is 4.90 Å². The summed E-state index contributed by atoms with van der Waals surface area (Å²) in [6, 6.07) is 0. The number of carbonyl (C=O) groups excluding carboxylic acids is 1. The van der Waals surface area contributed by atoms with E-state index in [0.29, 0.717) is 19.5 Å². The van der Waals surface area contributed by atoms with Crippen LogP contribution in [0.2, 0.25) is 0 Å². The van der Waals surface area contributed by atoms with Crippen LogP contribution in [0.15, 0.2) is 12.2 Å². The highest BCUT2D eigenvalue weighted by atomic mass is 16.4. The Morgan fingerprint density at radius 2 is 1.24 bits per heavy atom. The predicted octanol–water partition coefficient (Wildman–Crippen LogP) is 6.98. The molecule has 29 heavy (non-hydrogen) atoms. The van der Waals surface area contributed by atoms with E-state index in [0.717, 1.165) is 25.7 Å². The van der Waals surface area contributed by atoms with Gasteiger partial charge in [-0.25, -0.2) is 0 Å². The smallest absolute Gasteiger partial charge is 0.307 e. The standard InChI is InChI=1S/C25H47NO3/c1-4-7-8-9-10-11-12-13-14-15-16-17-18-19-20-21-23(25(28)29)22-24(27)26(5-2)6-3/h13-14,23H,4-12,15-22H2,1-3H3,(H,28,29)/b14-13+. The summed E-state index contributed by atoms with van der Waals surface area (Å²) >= 11 is 0. The quantitative estimate of drug-likeness (QED) is 0.174. The lowest BCUT2D eigenvalue weighted by Gasteiger charge is -2.21. The van der Waals surface area contributed by atoms with Gasteiger partial charge in [0, 0.05) is 19.5 Å². The lowest BCUT2D eigenvalue weighted by molar-refractivity contribution is -0.146. The van der Waals surface area contributed by atoms with Crippen LogP contribution in [0.1, 0.15) is 117 Å². The maximum atomic E-state index is 12.1. The zero-order valence-corrected chi connectivity index (χ0v) is 19.5. The van der Waals surface area contributed by atoms with E-state index in [-0.39, 0.29) is 12.3 Å². The molecule has 0 aliphatic heterocycles. The summed E-state index contributed by atoms with van der Waals surface area (Å²) in [7, 11) is 0. The Morgan fingerprint density at radius 1 is 0.759 bits per heavy atom. The molecule has 0 spiro atoms. The summed E-state index contributed by atoms with van der Waals surface area (Å²) in [6.45, 7) is 7.42. The summed E-state index contributed by atoms with van der Waals surface area (Å²) in [5.41, 5.74) is 0. The first-order valence-electron chi connectivity index (χ1n) is 12.2. The largest absolute Gasteiger partial charge is 0.481 e. The SMILES string of the molecule is CCCCCCCC/C=C/CCCCCCCC(CC(=O)N(CC)CC)C(=O)O. The highest BCUT2D eigenvalue weighted by Gasteiger charge is 2.22. The van der Waals surface area contributed by atoms with Crippen LogP contribution in [-0.4, -0.2) is 35.0 Å².